The SMILES string of the molecule is C[C@@H](CC(=O)O)n1c(=O)[nH]/c(=N\c2ccc3c(c2)CC(=O)N3)n(Cc2ccc(Cl)cc2)c1=O. The number of aromatic nitrogens is 3. The van der Waals surface area contributed by atoms with E-state index in [2.05, 4.69) is 15.3 Å². The van der Waals surface area contributed by atoms with Crippen molar-refractivity contribution in [1.29, 1.82) is 0 Å². The van der Waals surface area contributed by atoms with E-state index in [1.165, 1.54) is 11.5 Å². The van der Waals surface area contributed by atoms with Crippen molar-refractivity contribution < 1.29 is 14.7 Å². The summed E-state index contributed by atoms with van der Waals surface area (Å²) in [5.41, 5.74) is 1.16. The zero-order valence-electron chi connectivity index (χ0n) is 17.5. The first-order chi connectivity index (χ1) is 15.7. The van der Waals surface area contributed by atoms with Crippen LogP contribution in [0.4, 0.5) is 11.4 Å². The first kappa shape index (κ1) is 22.3. The first-order valence-corrected chi connectivity index (χ1v) is 10.5. The average Bonchev–Trinajstić information content (AvgIpc) is 3.11. The van der Waals surface area contributed by atoms with Gasteiger partial charge in [-0.25, -0.2) is 19.1 Å². The Bertz CT molecular complexity index is 1440. The van der Waals surface area contributed by atoms with Crippen LogP contribution in [-0.2, 0) is 22.6 Å². The first-order valence-electron chi connectivity index (χ1n) is 10.1. The van der Waals surface area contributed by atoms with Crippen LogP contribution in [0.25, 0.3) is 0 Å². The largest absolute Gasteiger partial charge is 0.481 e. The minimum atomic E-state index is -1.13. The van der Waals surface area contributed by atoms with Crippen LogP contribution in [0.5, 0.6) is 0 Å². The van der Waals surface area contributed by atoms with E-state index in [0.717, 1.165) is 15.7 Å². The fraction of sp³-hybridized carbons (Fsp3) is 0.227. The van der Waals surface area contributed by atoms with Crippen molar-refractivity contribution in [2.75, 3.05) is 5.32 Å². The summed E-state index contributed by atoms with van der Waals surface area (Å²) in [5.74, 6) is -1.25. The fourth-order valence-corrected chi connectivity index (χ4v) is 3.80. The predicted octanol–water partition coefficient (Wildman–Crippen LogP) is 1.80. The van der Waals surface area contributed by atoms with Gasteiger partial charge in [0.15, 0.2) is 0 Å². The van der Waals surface area contributed by atoms with Crippen LogP contribution >= 0.6 is 11.6 Å². The molecular formula is C22H20ClN5O5. The molecule has 10 nitrogen and oxygen atoms in total. The molecule has 2 heterocycles. The predicted molar refractivity (Wildman–Crippen MR) is 121 cm³/mol. The highest BCUT2D eigenvalue weighted by Gasteiger charge is 2.19. The lowest BCUT2D eigenvalue weighted by molar-refractivity contribution is -0.137. The van der Waals surface area contributed by atoms with Gasteiger partial charge >= 0.3 is 17.3 Å². The van der Waals surface area contributed by atoms with E-state index in [0.29, 0.717) is 16.4 Å². The van der Waals surface area contributed by atoms with Gasteiger partial charge in [0.2, 0.25) is 11.5 Å². The lowest BCUT2D eigenvalue weighted by Crippen LogP contribution is -2.51. The third-order valence-corrected chi connectivity index (χ3v) is 5.50. The van der Waals surface area contributed by atoms with E-state index in [1.807, 2.05) is 0 Å². The van der Waals surface area contributed by atoms with Crippen LogP contribution in [0.15, 0.2) is 57.0 Å². The van der Waals surface area contributed by atoms with Gasteiger partial charge in [-0.1, -0.05) is 23.7 Å². The number of carboxylic acids is 1. The molecule has 33 heavy (non-hydrogen) atoms. The number of benzene rings is 2. The molecule has 0 spiro atoms. The molecule has 4 rings (SSSR count). The highest BCUT2D eigenvalue weighted by molar-refractivity contribution is 6.30. The molecule has 0 aliphatic carbocycles. The molecule has 1 amide bonds. The van der Waals surface area contributed by atoms with Crippen LogP contribution in [-0.4, -0.2) is 31.1 Å². The molecule has 1 aliphatic heterocycles. The molecule has 1 aliphatic rings. The van der Waals surface area contributed by atoms with Gasteiger partial charge in [0, 0.05) is 10.7 Å². The Morgan fingerprint density at radius 3 is 2.61 bits per heavy atom. The number of anilines is 1. The monoisotopic (exact) mass is 469 g/mol. The van der Waals surface area contributed by atoms with E-state index < -0.39 is 29.8 Å². The molecular weight excluding hydrogens is 450 g/mol. The molecule has 0 saturated carbocycles. The topological polar surface area (TPSA) is 139 Å². The van der Waals surface area contributed by atoms with Crippen LogP contribution in [0.1, 0.15) is 30.5 Å². The van der Waals surface area contributed by atoms with E-state index in [-0.39, 0.29) is 24.5 Å². The van der Waals surface area contributed by atoms with Gasteiger partial charge in [-0.3, -0.25) is 19.1 Å². The number of carbonyl (C=O) groups excluding carboxylic acids is 1. The van der Waals surface area contributed by atoms with Crippen molar-refractivity contribution in [3.63, 3.8) is 0 Å². The molecule has 0 bridgehead atoms. The van der Waals surface area contributed by atoms with Crippen molar-refractivity contribution >= 4 is 34.9 Å². The fourth-order valence-electron chi connectivity index (χ4n) is 3.67. The smallest absolute Gasteiger partial charge is 0.335 e. The van der Waals surface area contributed by atoms with Crippen molar-refractivity contribution in [3.8, 4) is 0 Å². The summed E-state index contributed by atoms with van der Waals surface area (Å²) in [7, 11) is 0. The number of aliphatic carboxylic acids is 1. The number of carboxylic acid groups (broad SMARTS) is 1. The number of H-pyrrole nitrogens is 1. The number of amides is 1. The Morgan fingerprint density at radius 2 is 1.91 bits per heavy atom. The molecule has 0 fully saturated rings. The van der Waals surface area contributed by atoms with E-state index >= 15 is 0 Å². The normalized spacial score (nSPS) is 14.1. The van der Waals surface area contributed by atoms with Crippen molar-refractivity contribution in [2.24, 2.45) is 4.99 Å². The number of aromatic amines is 1. The third kappa shape index (κ3) is 4.80. The van der Waals surface area contributed by atoms with Crippen LogP contribution in [0.3, 0.4) is 0 Å². The summed E-state index contributed by atoms with van der Waals surface area (Å²) in [6, 6.07) is 11.0. The zero-order valence-corrected chi connectivity index (χ0v) is 18.3. The molecule has 0 unspecified atom stereocenters. The van der Waals surface area contributed by atoms with Gasteiger partial charge < -0.3 is 10.4 Å². The minimum absolute atomic E-state index is 0.00374. The number of carbonyl (C=O) groups is 2. The Morgan fingerprint density at radius 1 is 1.18 bits per heavy atom. The molecule has 0 saturated heterocycles. The summed E-state index contributed by atoms with van der Waals surface area (Å²) in [6.07, 6.45) is -0.180. The molecule has 0 radical (unpaired) electrons. The van der Waals surface area contributed by atoms with Gasteiger partial charge in [0.25, 0.3) is 0 Å². The maximum Gasteiger partial charge on any atom is 0.335 e. The number of rotatable bonds is 6. The van der Waals surface area contributed by atoms with Crippen LogP contribution in [0.2, 0.25) is 5.02 Å². The van der Waals surface area contributed by atoms with E-state index in [1.54, 1.807) is 42.5 Å². The lowest BCUT2D eigenvalue weighted by atomic mass is 10.1. The second-order valence-electron chi connectivity index (χ2n) is 7.74. The van der Waals surface area contributed by atoms with Crippen molar-refractivity contribution in [2.45, 2.75) is 32.4 Å². The molecule has 11 heteroatoms. The minimum Gasteiger partial charge on any atom is -0.481 e. The molecule has 3 aromatic rings. The Balaban J connectivity index is 1.87. The van der Waals surface area contributed by atoms with Gasteiger partial charge in [-0.05, 0) is 48.4 Å². The Hall–Kier alpha value is -3.92. The highest BCUT2D eigenvalue weighted by atomic mass is 35.5. The second-order valence-corrected chi connectivity index (χ2v) is 8.18. The Labute approximate surface area is 191 Å². The molecule has 170 valence electrons. The summed E-state index contributed by atoms with van der Waals surface area (Å²) in [5, 5.41) is 12.4. The maximum atomic E-state index is 13.3. The highest BCUT2D eigenvalue weighted by Crippen LogP contribution is 2.27. The summed E-state index contributed by atoms with van der Waals surface area (Å²) < 4.78 is 2.13. The summed E-state index contributed by atoms with van der Waals surface area (Å²) in [4.78, 5) is 55.8. The number of nitrogens with zero attached hydrogens (tertiary/aromatic N) is 3. The number of hydrogen-bond acceptors (Lipinski definition) is 5. The van der Waals surface area contributed by atoms with Crippen molar-refractivity contribution in [1.82, 2.24) is 14.1 Å². The van der Waals surface area contributed by atoms with Gasteiger partial charge in [-0.2, -0.15) is 0 Å². The standard InChI is InChI=1S/C22H20ClN5O5/c1-12(8-19(30)31)28-21(32)26-20(24-16-6-7-17-14(9-16)10-18(29)25-17)27(22(28)33)11-13-2-4-15(23)5-3-13/h2-7,9,12H,8,10-11H2,1H3,(H,25,29)(H,30,31)(H,24,26,32)/t12-/m0/s1. The van der Waals surface area contributed by atoms with Crippen LogP contribution < -0.4 is 22.3 Å². The van der Waals surface area contributed by atoms with E-state index in [4.69, 9.17) is 16.7 Å². The van der Waals surface area contributed by atoms with Gasteiger partial charge in [-0.15, -0.1) is 0 Å². The van der Waals surface area contributed by atoms with Crippen molar-refractivity contribution in [3.05, 3.63) is 85.2 Å². The second kappa shape index (κ2) is 8.91. The van der Waals surface area contributed by atoms with Crippen LogP contribution in [0, 0.1) is 0 Å². The quantitative estimate of drug-likeness (QED) is 0.505. The molecule has 1 aromatic heterocycles. The molecule has 1 atom stereocenters. The number of hydrogen-bond donors (Lipinski definition) is 3. The van der Waals surface area contributed by atoms with Gasteiger partial charge in [0.05, 0.1) is 31.1 Å². The summed E-state index contributed by atoms with van der Waals surface area (Å²) in [6.45, 7) is 1.55. The average molecular weight is 470 g/mol. The lowest BCUT2D eigenvalue weighted by Gasteiger charge is -2.15. The molecule has 3 N–H and O–H groups in total. The Kier molecular flexibility index (Phi) is 6.01. The number of fused-ring (bicyclic) bond motifs is 1. The number of halogens is 1. The zero-order chi connectivity index (χ0) is 23.7. The van der Waals surface area contributed by atoms with E-state index in [9.17, 15) is 19.2 Å². The maximum absolute atomic E-state index is 13.3. The number of nitrogens with one attached hydrogen (secondary N) is 2. The summed E-state index contributed by atoms with van der Waals surface area (Å²) >= 11 is 5.95. The van der Waals surface area contributed by atoms with Gasteiger partial charge in [0.1, 0.15) is 0 Å². The third-order valence-electron chi connectivity index (χ3n) is 5.24. The molecule has 2 aromatic carbocycles.